The highest BCUT2D eigenvalue weighted by atomic mass is 16.5. The minimum absolute atomic E-state index is 0.0237. The van der Waals surface area contributed by atoms with Gasteiger partial charge in [-0.05, 0) is 67.4 Å². The smallest absolute Gasteiger partial charge is 0.139 e. The number of Topliss-reactive ketones (excluding diaryl/α,β-unsaturated/α-hetero) is 1. The first-order chi connectivity index (χ1) is 11.4. The second-order valence-corrected chi connectivity index (χ2v) is 8.80. The zero-order valence-corrected chi connectivity index (χ0v) is 15.2. The lowest BCUT2D eigenvalue weighted by Gasteiger charge is -2.57. The topological polar surface area (TPSA) is 46.5 Å². The van der Waals surface area contributed by atoms with Gasteiger partial charge in [0.05, 0.1) is 18.5 Å². The van der Waals surface area contributed by atoms with Crippen LogP contribution in [0, 0.1) is 28.6 Å². The molecule has 1 N–H and O–H groups in total. The molecule has 0 aromatic carbocycles. The van der Waals surface area contributed by atoms with Crippen LogP contribution in [0.25, 0.3) is 0 Å². The van der Waals surface area contributed by atoms with E-state index in [9.17, 15) is 9.90 Å². The third-order valence-electron chi connectivity index (χ3n) is 7.71. The van der Waals surface area contributed by atoms with E-state index in [0.717, 1.165) is 31.4 Å². The van der Waals surface area contributed by atoms with E-state index in [1.807, 2.05) is 6.92 Å². The second kappa shape index (κ2) is 5.45. The van der Waals surface area contributed by atoms with Crippen LogP contribution in [0.4, 0.5) is 0 Å². The van der Waals surface area contributed by atoms with Crippen molar-refractivity contribution in [3.8, 4) is 0 Å². The average molecular weight is 330 g/mol. The Bertz CT molecular complexity index is 619. The van der Waals surface area contributed by atoms with Crippen LogP contribution in [-0.2, 0) is 9.53 Å². The van der Waals surface area contributed by atoms with Crippen molar-refractivity contribution in [3.63, 3.8) is 0 Å². The van der Waals surface area contributed by atoms with Gasteiger partial charge in [-0.3, -0.25) is 4.79 Å². The first-order valence-corrected chi connectivity index (χ1v) is 9.65. The lowest BCUT2D eigenvalue weighted by atomic mass is 9.48. The number of fused-ring (bicyclic) bond motifs is 5. The molecular weight excluding hydrogens is 300 g/mol. The Morgan fingerprint density at radius 2 is 2.08 bits per heavy atom. The lowest BCUT2D eigenvalue weighted by Crippen LogP contribution is -2.55. The molecule has 4 aliphatic carbocycles. The number of rotatable bonds is 2. The largest absolute Gasteiger partial charge is 0.498 e. The van der Waals surface area contributed by atoms with Gasteiger partial charge in [0.15, 0.2) is 0 Å². The number of hydrogen-bond donors (Lipinski definition) is 1. The molecule has 0 spiro atoms. The van der Waals surface area contributed by atoms with Gasteiger partial charge in [-0.25, -0.2) is 0 Å². The highest BCUT2D eigenvalue weighted by molar-refractivity contribution is 5.87. The van der Waals surface area contributed by atoms with Crippen molar-refractivity contribution in [2.24, 2.45) is 28.6 Å². The first kappa shape index (κ1) is 16.4. The Labute approximate surface area is 145 Å². The van der Waals surface area contributed by atoms with Gasteiger partial charge >= 0.3 is 0 Å². The monoisotopic (exact) mass is 330 g/mol. The molecule has 2 saturated carbocycles. The maximum Gasteiger partial charge on any atom is 0.139 e. The molecule has 0 heterocycles. The maximum atomic E-state index is 12.5. The van der Waals surface area contributed by atoms with Gasteiger partial charge in [-0.15, -0.1) is 0 Å². The molecule has 0 aromatic heterocycles. The summed E-state index contributed by atoms with van der Waals surface area (Å²) in [7, 11) is 0. The van der Waals surface area contributed by atoms with E-state index in [1.54, 1.807) is 0 Å². The van der Waals surface area contributed by atoms with Crippen molar-refractivity contribution in [3.05, 3.63) is 23.5 Å². The summed E-state index contributed by atoms with van der Waals surface area (Å²) in [6, 6.07) is 0. The number of aliphatic hydroxyl groups is 1. The number of aliphatic hydroxyl groups excluding tert-OH is 1. The van der Waals surface area contributed by atoms with Gasteiger partial charge in [-0.1, -0.05) is 19.9 Å². The fraction of sp³-hybridized carbons (Fsp3) is 0.762. The summed E-state index contributed by atoms with van der Waals surface area (Å²) in [4.78, 5) is 12.5. The molecule has 2 fully saturated rings. The van der Waals surface area contributed by atoms with Gasteiger partial charge in [0, 0.05) is 18.3 Å². The van der Waals surface area contributed by atoms with Gasteiger partial charge in [0.25, 0.3) is 0 Å². The SMILES string of the molecule is CCOC1=CC2=CC[C@H]3C4CCC(=O)[C@@]4(C)C[C@H](O)[C@@H]3[C@@]2(C)CC1. The first-order valence-electron chi connectivity index (χ1n) is 9.65. The Morgan fingerprint density at radius 1 is 1.29 bits per heavy atom. The van der Waals surface area contributed by atoms with Crippen LogP contribution < -0.4 is 0 Å². The zero-order valence-electron chi connectivity index (χ0n) is 15.2. The Kier molecular flexibility index (Phi) is 3.72. The molecule has 0 radical (unpaired) electrons. The van der Waals surface area contributed by atoms with E-state index in [1.165, 1.54) is 5.57 Å². The summed E-state index contributed by atoms with van der Waals surface area (Å²) in [5, 5.41) is 11.1. The van der Waals surface area contributed by atoms with Crippen LogP contribution in [0.15, 0.2) is 23.5 Å². The van der Waals surface area contributed by atoms with Crippen molar-refractivity contribution in [1.82, 2.24) is 0 Å². The number of ether oxygens (including phenoxy) is 1. The molecule has 0 bridgehead atoms. The minimum atomic E-state index is -0.367. The van der Waals surface area contributed by atoms with E-state index in [2.05, 4.69) is 26.0 Å². The van der Waals surface area contributed by atoms with Crippen LogP contribution in [0.5, 0.6) is 0 Å². The van der Waals surface area contributed by atoms with Crippen LogP contribution in [0.2, 0.25) is 0 Å². The normalized spacial score (nSPS) is 47.2. The quantitative estimate of drug-likeness (QED) is 0.832. The lowest BCUT2D eigenvalue weighted by molar-refractivity contribution is -0.143. The summed E-state index contributed by atoms with van der Waals surface area (Å²) < 4.78 is 5.75. The molecule has 3 nitrogen and oxygen atoms in total. The molecule has 0 saturated heterocycles. The molecular formula is C21H30O3. The molecule has 0 amide bonds. The number of allylic oxidation sites excluding steroid dienone is 4. The minimum Gasteiger partial charge on any atom is -0.498 e. The van der Waals surface area contributed by atoms with Gasteiger partial charge in [0.2, 0.25) is 0 Å². The average Bonchev–Trinajstić information content (AvgIpc) is 2.82. The van der Waals surface area contributed by atoms with E-state index in [-0.39, 0.29) is 22.9 Å². The highest BCUT2D eigenvalue weighted by Gasteiger charge is 2.61. The second-order valence-electron chi connectivity index (χ2n) is 8.80. The molecule has 6 atom stereocenters. The van der Waals surface area contributed by atoms with Crippen LogP contribution >= 0.6 is 0 Å². The predicted octanol–water partition coefficient (Wildman–Crippen LogP) is 4.02. The summed E-state index contributed by atoms with van der Waals surface area (Å²) in [6.07, 6.45) is 9.61. The molecule has 0 aromatic rings. The fourth-order valence-electron chi connectivity index (χ4n) is 6.51. The summed E-state index contributed by atoms with van der Waals surface area (Å²) in [6.45, 7) is 7.19. The van der Waals surface area contributed by atoms with E-state index in [4.69, 9.17) is 4.74 Å². The van der Waals surface area contributed by atoms with Crippen molar-refractivity contribution in [1.29, 1.82) is 0 Å². The fourth-order valence-corrected chi connectivity index (χ4v) is 6.51. The van der Waals surface area contributed by atoms with Crippen molar-refractivity contribution < 1.29 is 14.6 Å². The molecule has 1 unspecified atom stereocenters. The van der Waals surface area contributed by atoms with Gasteiger partial charge in [-0.2, -0.15) is 0 Å². The number of carbonyl (C=O) groups excluding carboxylic acids is 1. The standard InChI is InChI=1S/C21H30O3/c1-4-24-14-9-10-20(2)13(11-14)5-6-15-16-7-8-18(23)21(16,3)12-17(22)19(15)20/h5,11,15-17,19,22H,4,6-10,12H2,1-3H3/t15-,16?,17-,19+,20-,21-/m0/s1. The van der Waals surface area contributed by atoms with Crippen molar-refractivity contribution >= 4 is 5.78 Å². The molecule has 4 rings (SSSR count). The van der Waals surface area contributed by atoms with E-state index < -0.39 is 0 Å². The third kappa shape index (κ3) is 2.09. The summed E-state index contributed by atoms with van der Waals surface area (Å²) in [5.74, 6) is 2.64. The van der Waals surface area contributed by atoms with Crippen molar-refractivity contribution in [2.45, 2.75) is 65.4 Å². The Balaban J connectivity index is 1.72. The van der Waals surface area contributed by atoms with Crippen LogP contribution in [0.3, 0.4) is 0 Å². The molecule has 24 heavy (non-hydrogen) atoms. The zero-order chi connectivity index (χ0) is 17.1. The van der Waals surface area contributed by atoms with Gasteiger partial charge in [0.1, 0.15) is 5.78 Å². The number of hydrogen-bond acceptors (Lipinski definition) is 3. The number of carbonyl (C=O) groups is 1. The van der Waals surface area contributed by atoms with E-state index >= 15 is 0 Å². The number of ketones is 1. The predicted molar refractivity (Wildman–Crippen MR) is 93.2 cm³/mol. The van der Waals surface area contributed by atoms with Crippen molar-refractivity contribution in [2.75, 3.05) is 6.61 Å². The molecule has 0 aliphatic heterocycles. The Morgan fingerprint density at radius 3 is 2.83 bits per heavy atom. The third-order valence-corrected chi connectivity index (χ3v) is 7.71. The van der Waals surface area contributed by atoms with Crippen LogP contribution in [-0.4, -0.2) is 23.6 Å². The van der Waals surface area contributed by atoms with Gasteiger partial charge < -0.3 is 9.84 Å². The molecule has 3 heteroatoms. The maximum absolute atomic E-state index is 12.5. The Hall–Kier alpha value is -1.09. The molecule has 4 aliphatic rings. The summed E-state index contributed by atoms with van der Waals surface area (Å²) >= 11 is 0. The highest BCUT2D eigenvalue weighted by Crippen LogP contribution is 2.63. The summed E-state index contributed by atoms with van der Waals surface area (Å²) in [5.41, 5.74) is 1.09. The van der Waals surface area contributed by atoms with Crippen LogP contribution in [0.1, 0.15) is 59.3 Å². The van der Waals surface area contributed by atoms with E-state index in [0.29, 0.717) is 37.1 Å². The molecule has 132 valence electrons.